The third-order valence-corrected chi connectivity index (χ3v) is 3.15. The van der Waals surface area contributed by atoms with E-state index in [-0.39, 0.29) is 25.7 Å². The highest BCUT2D eigenvalue weighted by molar-refractivity contribution is 5.77. The Labute approximate surface area is 112 Å². The first-order valence-electron chi connectivity index (χ1n) is 6.34. The summed E-state index contributed by atoms with van der Waals surface area (Å²) in [5, 5.41) is 12.6. The van der Waals surface area contributed by atoms with Gasteiger partial charge in [-0.15, -0.1) is 0 Å². The largest absolute Gasteiger partial charge is 0.484 e. The molecule has 0 radical (unpaired) electrons. The van der Waals surface area contributed by atoms with E-state index in [1.807, 2.05) is 31.2 Å². The molecule has 2 N–H and O–H groups in total. The fraction of sp³-hybridized carbons (Fsp3) is 0.500. The van der Waals surface area contributed by atoms with Crippen LogP contribution in [0.2, 0.25) is 0 Å². The Morgan fingerprint density at radius 2 is 2.32 bits per heavy atom. The van der Waals surface area contributed by atoms with E-state index in [1.165, 1.54) is 0 Å². The van der Waals surface area contributed by atoms with Crippen LogP contribution in [0.4, 0.5) is 0 Å². The number of carbonyl (C=O) groups excluding carboxylic acids is 1. The Balaban J connectivity index is 1.74. The number of amides is 1. The van der Waals surface area contributed by atoms with Crippen LogP contribution in [0, 0.1) is 6.92 Å². The zero-order chi connectivity index (χ0) is 13.7. The Morgan fingerprint density at radius 1 is 1.53 bits per heavy atom. The minimum Gasteiger partial charge on any atom is -0.484 e. The van der Waals surface area contributed by atoms with Crippen LogP contribution < -0.4 is 10.1 Å². The molecule has 1 aliphatic rings. The number of aliphatic hydroxyl groups is 1. The molecule has 1 amide bonds. The summed E-state index contributed by atoms with van der Waals surface area (Å²) in [6, 6.07) is 7.52. The summed E-state index contributed by atoms with van der Waals surface area (Å²) in [6.45, 7) is 2.87. The van der Waals surface area contributed by atoms with Crippen LogP contribution in [0.3, 0.4) is 0 Å². The van der Waals surface area contributed by atoms with Gasteiger partial charge < -0.3 is 19.9 Å². The first-order valence-corrected chi connectivity index (χ1v) is 6.34. The molecule has 5 nitrogen and oxygen atoms in total. The monoisotopic (exact) mass is 265 g/mol. The number of benzene rings is 1. The van der Waals surface area contributed by atoms with E-state index in [2.05, 4.69) is 5.32 Å². The number of hydrogen-bond acceptors (Lipinski definition) is 4. The molecular formula is C14H19NO4. The van der Waals surface area contributed by atoms with Crippen molar-refractivity contribution in [3.05, 3.63) is 29.8 Å². The Hall–Kier alpha value is -1.59. The molecule has 0 aliphatic carbocycles. The molecule has 0 saturated carbocycles. The molecule has 2 rings (SSSR count). The van der Waals surface area contributed by atoms with E-state index in [1.54, 1.807) is 0 Å². The molecule has 1 heterocycles. The van der Waals surface area contributed by atoms with Crippen LogP contribution in [-0.4, -0.2) is 43.0 Å². The maximum atomic E-state index is 11.6. The molecule has 1 aromatic carbocycles. The highest BCUT2D eigenvalue weighted by atomic mass is 16.5. The van der Waals surface area contributed by atoms with Crippen LogP contribution in [0.1, 0.15) is 12.0 Å². The lowest BCUT2D eigenvalue weighted by molar-refractivity contribution is -0.124. The van der Waals surface area contributed by atoms with Gasteiger partial charge in [0.15, 0.2) is 6.61 Å². The minimum atomic E-state index is -0.932. The van der Waals surface area contributed by atoms with Gasteiger partial charge >= 0.3 is 0 Å². The van der Waals surface area contributed by atoms with Crippen molar-refractivity contribution in [3.8, 4) is 5.75 Å². The van der Waals surface area contributed by atoms with Gasteiger partial charge in [-0.3, -0.25) is 4.79 Å². The van der Waals surface area contributed by atoms with Gasteiger partial charge in [-0.05, 0) is 18.6 Å². The van der Waals surface area contributed by atoms with Crippen LogP contribution >= 0.6 is 0 Å². The number of para-hydroxylation sites is 1. The van der Waals surface area contributed by atoms with Crippen molar-refractivity contribution in [1.29, 1.82) is 0 Å². The molecule has 1 saturated heterocycles. The average Bonchev–Trinajstić information content (AvgIpc) is 2.83. The van der Waals surface area contributed by atoms with E-state index < -0.39 is 5.60 Å². The quantitative estimate of drug-likeness (QED) is 0.820. The number of aryl methyl sites for hydroxylation is 1. The van der Waals surface area contributed by atoms with Crippen LogP contribution in [0.5, 0.6) is 5.75 Å². The summed E-state index contributed by atoms with van der Waals surface area (Å²) in [6.07, 6.45) is 0.548. The number of carbonyl (C=O) groups is 1. The molecule has 1 atom stereocenters. The van der Waals surface area contributed by atoms with Gasteiger partial charge in [0.05, 0.1) is 6.61 Å². The number of hydrogen-bond donors (Lipinski definition) is 2. The maximum Gasteiger partial charge on any atom is 0.258 e. The van der Waals surface area contributed by atoms with Gasteiger partial charge in [-0.25, -0.2) is 0 Å². The van der Waals surface area contributed by atoms with E-state index in [9.17, 15) is 9.90 Å². The van der Waals surface area contributed by atoms with Gasteiger partial charge in [0.1, 0.15) is 11.4 Å². The maximum absolute atomic E-state index is 11.6. The smallest absolute Gasteiger partial charge is 0.258 e. The Bertz CT molecular complexity index is 441. The van der Waals surface area contributed by atoms with Crippen molar-refractivity contribution in [2.45, 2.75) is 18.9 Å². The second kappa shape index (κ2) is 6.04. The van der Waals surface area contributed by atoms with Crippen molar-refractivity contribution in [1.82, 2.24) is 5.32 Å². The molecule has 0 aromatic heterocycles. The van der Waals surface area contributed by atoms with Crippen LogP contribution in [0.15, 0.2) is 24.3 Å². The molecule has 5 heteroatoms. The molecule has 104 valence electrons. The highest BCUT2D eigenvalue weighted by Crippen LogP contribution is 2.17. The normalized spacial score (nSPS) is 22.2. The fourth-order valence-corrected chi connectivity index (χ4v) is 1.91. The first kappa shape index (κ1) is 13.8. The summed E-state index contributed by atoms with van der Waals surface area (Å²) in [7, 11) is 0. The van der Waals surface area contributed by atoms with Crippen LogP contribution in [0.25, 0.3) is 0 Å². The highest BCUT2D eigenvalue weighted by Gasteiger charge is 2.32. The lowest BCUT2D eigenvalue weighted by Crippen LogP contribution is -2.44. The second-order valence-electron chi connectivity index (χ2n) is 4.86. The van der Waals surface area contributed by atoms with E-state index in [0.717, 1.165) is 5.56 Å². The van der Waals surface area contributed by atoms with Crippen molar-refractivity contribution >= 4 is 5.91 Å². The van der Waals surface area contributed by atoms with Crippen molar-refractivity contribution in [2.24, 2.45) is 0 Å². The molecule has 1 fully saturated rings. The van der Waals surface area contributed by atoms with Crippen molar-refractivity contribution < 1.29 is 19.4 Å². The predicted molar refractivity (Wildman–Crippen MR) is 70.1 cm³/mol. The molecular weight excluding hydrogens is 246 g/mol. The van der Waals surface area contributed by atoms with Crippen molar-refractivity contribution in [2.75, 3.05) is 26.4 Å². The Kier molecular flexibility index (Phi) is 4.39. The van der Waals surface area contributed by atoms with E-state index >= 15 is 0 Å². The lowest BCUT2D eigenvalue weighted by atomic mass is 10.0. The molecule has 0 spiro atoms. The van der Waals surface area contributed by atoms with Gasteiger partial charge in [-0.1, -0.05) is 18.2 Å². The Morgan fingerprint density at radius 3 is 3.00 bits per heavy atom. The lowest BCUT2D eigenvalue weighted by Gasteiger charge is -2.20. The minimum absolute atomic E-state index is 0.0538. The topological polar surface area (TPSA) is 67.8 Å². The van der Waals surface area contributed by atoms with E-state index in [0.29, 0.717) is 18.8 Å². The molecule has 1 aliphatic heterocycles. The van der Waals surface area contributed by atoms with Gasteiger partial charge in [0.2, 0.25) is 0 Å². The molecule has 1 aromatic rings. The molecule has 19 heavy (non-hydrogen) atoms. The molecule has 0 bridgehead atoms. The third-order valence-electron chi connectivity index (χ3n) is 3.15. The first-order chi connectivity index (χ1) is 9.09. The van der Waals surface area contributed by atoms with Gasteiger partial charge in [0, 0.05) is 19.6 Å². The zero-order valence-corrected chi connectivity index (χ0v) is 11.0. The number of rotatable bonds is 5. The molecule has 1 unspecified atom stereocenters. The standard InChI is InChI=1S/C14H19NO4/c1-11-4-2-3-5-12(11)19-8-13(16)15-9-14(17)6-7-18-10-14/h2-5,17H,6-10H2,1H3,(H,15,16). The zero-order valence-electron chi connectivity index (χ0n) is 11.0. The van der Waals surface area contributed by atoms with Crippen molar-refractivity contribution in [3.63, 3.8) is 0 Å². The third kappa shape index (κ3) is 3.94. The summed E-state index contributed by atoms with van der Waals surface area (Å²) in [5.74, 6) is 0.448. The van der Waals surface area contributed by atoms with Crippen LogP contribution in [-0.2, 0) is 9.53 Å². The summed E-state index contributed by atoms with van der Waals surface area (Å²) in [5.41, 5.74) is 0.0522. The summed E-state index contributed by atoms with van der Waals surface area (Å²) < 4.78 is 10.5. The summed E-state index contributed by atoms with van der Waals surface area (Å²) in [4.78, 5) is 11.6. The van der Waals surface area contributed by atoms with E-state index in [4.69, 9.17) is 9.47 Å². The number of nitrogens with one attached hydrogen (secondary N) is 1. The average molecular weight is 265 g/mol. The predicted octanol–water partition coefficient (Wildman–Crippen LogP) is 0.641. The fourth-order valence-electron chi connectivity index (χ4n) is 1.91. The number of ether oxygens (including phenoxy) is 2. The summed E-state index contributed by atoms with van der Waals surface area (Å²) >= 11 is 0. The SMILES string of the molecule is Cc1ccccc1OCC(=O)NCC1(O)CCOC1. The van der Waals surface area contributed by atoms with Gasteiger partial charge in [0.25, 0.3) is 5.91 Å². The second-order valence-corrected chi connectivity index (χ2v) is 4.86. The van der Waals surface area contributed by atoms with Gasteiger partial charge in [-0.2, -0.15) is 0 Å².